The van der Waals surface area contributed by atoms with Crippen LogP contribution in [0.2, 0.25) is 5.02 Å². The molecule has 0 bridgehead atoms. The summed E-state index contributed by atoms with van der Waals surface area (Å²) >= 11 is 6.13. The van der Waals surface area contributed by atoms with E-state index in [9.17, 15) is 0 Å². The molecule has 0 amide bonds. The van der Waals surface area contributed by atoms with Gasteiger partial charge in [0.1, 0.15) is 23.3 Å². The molecular formula is C16H14ClNO2. The first-order valence-electron chi connectivity index (χ1n) is 6.08. The Bertz CT molecular complexity index is 666. The fourth-order valence-corrected chi connectivity index (χ4v) is 2.01. The Morgan fingerprint density at radius 2 is 1.70 bits per heavy atom. The average molecular weight is 288 g/mol. The summed E-state index contributed by atoms with van der Waals surface area (Å²) in [6.45, 7) is 3.83. The van der Waals surface area contributed by atoms with Gasteiger partial charge in [-0.15, -0.1) is 0 Å². The first-order chi connectivity index (χ1) is 9.55. The lowest BCUT2D eigenvalue weighted by atomic mass is 10.1. The van der Waals surface area contributed by atoms with E-state index in [1.807, 2.05) is 26.0 Å². The summed E-state index contributed by atoms with van der Waals surface area (Å²) in [6, 6.07) is 10.9. The fourth-order valence-electron chi connectivity index (χ4n) is 1.90. The van der Waals surface area contributed by atoms with E-state index in [4.69, 9.17) is 26.3 Å². The molecule has 4 heteroatoms. The van der Waals surface area contributed by atoms with Crippen LogP contribution in [0.25, 0.3) is 0 Å². The van der Waals surface area contributed by atoms with E-state index in [-0.39, 0.29) is 0 Å². The van der Waals surface area contributed by atoms with Crippen LogP contribution < -0.4 is 9.47 Å². The molecule has 0 N–H and O–H groups in total. The summed E-state index contributed by atoms with van der Waals surface area (Å²) in [4.78, 5) is 0. The highest BCUT2D eigenvalue weighted by molar-refractivity contribution is 6.32. The Balaban J connectivity index is 2.41. The largest absolute Gasteiger partial charge is 0.497 e. The molecule has 0 aliphatic heterocycles. The molecule has 0 spiro atoms. The topological polar surface area (TPSA) is 42.2 Å². The van der Waals surface area contributed by atoms with Gasteiger partial charge in [0.25, 0.3) is 0 Å². The lowest BCUT2D eigenvalue weighted by molar-refractivity contribution is 0.408. The van der Waals surface area contributed by atoms with Gasteiger partial charge in [-0.25, -0.2) is 0 Å². The molecule has 0 aromatic heterocycles. The number of nitrogens with zero attached hydrogens (tertiary/aromatic N) is 1. The van der Waals surface area contributed by atoms with E-state index in [1.54, 1.807) is 25.3 Å². The number of nitriles is 1. The SMILES string of the molecule is COc1ccc(C#N)c(Oc2cc(C)c(Cl)c(C)c2)c1. The van der Waals surface area contributed by atoms with Gasteiger partial charge in [-0.05, 0) is 49.2 Å². The predicted molar refractivity (Wildman–Crippen MR) is 78.7 cm³/mol. The maximum Gasteiger partial charge on any atom is 0.148 e. The number of rotatable bonds is 3. The Hall–Kier alpha value is -2.18. The second-order valence-corrected chi connectivity index (χ2v) is 4.82. The van der Waals surface area contributed by atoms with Crippen LogP contribution in [0, 0.1) is 25.2 Å². The van der Waals surface area contributed by atoms with Gasteiger partial charge in [-0.1, -0.05) is 11.6 Å². The first kappa shape index (κ1) is 14.2. The lowest BCUT2D eigenvalue weighted by Gasteiger charge is -2.11. The van der Waals surface area contributed by atoms with Crippen LogP contribution in [0.15, 0.2) is 30.3 Å². The maximum absolute atomic E-state index is 9.12. The summed E-state index contributed by atoms with van der Waals surface area (Å²) in [5.41, 5.74) is 2.32. The molecule has 20 heavy (non-hydrogen) atoms. The zero-order valence-corrected chi connectivity index (χ0v) is 12.3. The lowest BCUT2D eigenvalue weighted by Crippen LogP contribution is -1.92. The van der Waals surface area contributed by atoms with Gasteiger partial charge in [0.05, 0.1) is 12.7 Å². The number of hydrogen-bond acceptors (Lipinski definition) is 3. The van der Waals surface area contributed by atoms with Crippen molar-refractivity contribution in [1.29, 1.82) is 5.26 Å². The van der Waals surface area contributed by atoms with Gasteiger partial charge in [-0.2, -0.15) is 5.26 Å². The highest BCUT2D eigenvalue weighted by Crippen LogP contribution is 2.32. The summed E-state index contributed by atoms with van der Waals surface area (Å²) in [5, 5.41) is 9.85. The van der Waals surface area contributed by atoms with Gasteiger partial charge in [0.15, 0.2) is 0 Å². The first-order valence-corrected chi connectivity index (χ1v) is 6.45. The van der Waals surface area contributed by atoms with E-state index in [0.29, 0.717) is 22.8 Å². The monoisotopic (exact) mass is 287 g/mol. The van der Waals surface area contributed by atoms with E-state index in [2.05, 4.69) is 6.07 Å². The average Bonchev–Trinajstić information content (AvgIpc) is 2.44. The fraction of sp³-hybridized carbons (Fsp3) is 0.188. The molecule has 0 fully saturated rings. The Labute approximate surface area is 123 Å². The second-order valence-electron chi connectivity index (χ2n) is 4.45. The van der Waals surface area contributed by atoms with Crippen LogP contribution in [0.3, 0.4) is 0 Å². The third-order valence-corrected chi connectivity index (χ3v) is 3.54. The zero-order valence-electron chi connectivity index (χ0n) is 11.5. The Kier molecular flexibility index (Phi) is 4.16. The van der Waals surface area contributed by atoms with Crippen molar-refractivity contribution in [2.75, 3.05) is 7.11 Å². The molecule has 0 aliphatic carbocycles. The summed E-state index contributed by atoms with van der Waals surface area (Å²) in [6.07, 6.45) is 0. The standard InChI is InChI=1S/C16H14ClNO2/c1-10-6-14(7-11(2)16(10)17)20-15-8-13(19-3)5-4-12(15)9-18/h4-8H,1-3H3. The van der Waals surface area contributed by atoms with E-state index < -0.39 is 0 Å². The highest BCUT2D eigenvalue weighted by atomic mass is 35.5. The highest BCUT2D eigenvalue weighted by Gasteiger charge is 2.09. The van der Waals surface area contributed by atoms with Crippen LogP contribution in [-0.2, 0) is 0 Å². The van der Waals surface area contributed by atoms with Crippen molar-refractivity contribution < 1.29 is 9.47 Å². The molecule has 2 rings (SSSR count). The van der Waals surface area contributed by atoms with Crippen molar-refractivity contribution in [3.05, 3.63) is 52.0 Å². The van der Waals surface area contributed by atoms with Crippen molar-refractivity contribution >= 4 is 11.6 Å². The van der Waals surface area contributed by atoms with Crippen molar-refractivity contribution in [2.24, 2.45) is 0 Å². The number of ether oxygens (including phenoxy) is 2. The minimum absolute atomic E-state index is 0.455. The molecule has 0 aliphatic rings. The molecular weight excluding hydrogens is 274 g/mol. The van der Waals surface area contributed by atoms with E-state index in [1.165, 1.54) is 0 Å². The molecule has 2 aromatic rings. The minimum Gasteiger partial charge on any atom is -0.497 e. The van der Waals surface area contributed by atoms with Gasteiger partial charge in [-0.3, -0.25) is 0 Å². The van der Waals surface area contributed by atoms with E-state index >= 15 is 0 Å². The van der Waals surface area contributed by atoms with Crippen LogP contribution >= 0.6 is 11.6 Å². The van der Waals surface area contributed by atoms with E-state index in [0.717, 1.165) is 16.1 Å². The van der Waals surface area contributed by atoms with Gasteiger partial charge in [0, 0.05) is 11.1 Å². The van der Waals surface area contributed by atoms with Gasteiger partial charge < -0.3 is 9.47 Å². The minimum atomic E-state index is 0.455. The number of benzene rings is 2. The van der Waals surface area contributed by atoms with Crippen LogP contribution in [0.1, 0.15) is 16.7 Å². The quantitative estimate of drug-likeness (QED) is 0.826. The van der Waals surface area contributed by atoms with Crippen LogP contribution in [0.5, 0.6) is 17.2 Å². The molecule has 0 atom stereocenters. The zero-order chi connectivity index (χ0) is 14.7. The normalized spacial score (nSPS) is 9.95. The van der Waals surface area contributed by atoms with Crippen LogP contribution in [0.4, 0.5) is 0 Å². The Morgan fingerprint density at radius 3 is 2.25 bits per heavy atom. The number of aryl methyl sites for hydroxylation is 2. The van der Waals surface area contributed by atoms with Gasteiger partial charge in [0.2, 0.25) is 0 Å². The van der Waals surface area contributed by atoms with Crippen molar-refractivity contribution in [1.82, 2.24) is 0 Å². The maximum atomic E-state index is 9.12. The third kappa shape index (κ3) is 2.87. The number of methoxy groups -OCH3 is 1. The molecule has 2 aromatic carbocycles. The summed E-state index contributed by atoms with van der Waals surface area (Å²) in [5.74, 6) is 1.75. The molecule has 0 heterocycles. The molecule has 0 saturated heterocycles. The summed E-state index contributed by atoms with van der Waals surface area (Å²) in [7, 11) is 1.57. The van der Waals surface area contributed by atoms with Crippen molar-refractivity contribution in [3.63, 3.8) is 0 Å². The molecule has 102 valence electrons. The second kappa shape index (κ2) is 5.85. The third-order valence-electron chi connectivity index (χ3n) is 2.95. The smallest absolute Gasteiger partial charge is 0.148 e. The Morgan fingerprint density at radius 1 is 1.05 bits per heavy atom. The molecule has 0 unspecified atom stereocenters. The molecule has 3 nitrogen and oxygen atoms in total. The number of hydrogen-bond donors (Lipinski definition) is 0. The van der Waals surface area contributed by atoms with Crippen LogP contribution in [-0.4, -0.2) is 7.11 Å². The molecule has 0 saturated carbocycles. The summed E-state index contributed by atoms with van der Waals surface area (Å²) < 4.78 is 10.9. The molecule has 0 radical (unpaired) electrons. The number of halogens is 1. The predicted octanol–water partition coefficient (Wildman–Crippen LogP) is 4.63. The van der Waals surface area contributed by atoms with Crippen molar-refractivity contribution in [2.45, 2.75) is 13.8 Å². The van der Waals surface area contributed by atoms with Crippen molar-refractivity contribution in [3.8, 4) is 23.3 Å². The van der Waals surface area contributed by atoms with Gasteiger partial charge >= 0.3 is 0 Å².